The molecule has 2 aromatic rings. The topological polar surface area (TPSA) is 55.3 Å². The van der Waals surface area contributed by atoms with Crippen molar-refractivity contribution in [3.8, 4) is 0 Å². The number of halogens is 2. The van der Waals surface area contributed by atoms with Crippen LogP contribution in [0.3, 0.4) is 0 Å². The van der Waals surface area contributed by atoms with Gasteiger partial charge in [0.05, 0.1) is 6.61 Å². The van der Waals surface area contributed by atoms with Gasteiger partial charge in [0.1, 0.15) is 6.10 Å². The fourth-order valence-corrected chi connectivity index (χ4v) is 2.79. The van der Waals surface area contributed by atoms with Crippen LogP contribution >= 0.6 is 24.8 Å². The molecular weight excluding hydrogens is 349 g/mol. The van der Waals surface area contributed by atoms with E-state index in [4.69, 9.17) is 4.74 Å². The Kier molecular flexibility index (Phi) is 8.03. The Bertz CT molecular complexity index is 667. The second-order valence-corrected chi connectivity index (χ2v) is 6.19. The summed E-state index contributed by atoms with van der Waals surface area (Å²) in [4.78, 5) is 12.2. The fourth-order valence-electron chi connectivity index (χ4n) is 2.79. The van der Waals surface area contributed by atoms with Crippen LogP contribution in [-0.2, 0) is 16.1 Å². The largest absolute Gasteiger partial charge is 0.366 e. The van der Waals surface area contributed by atoms with Gasteiger partial charge >= 0.3 is 0 Å². The van der Waals surface area contributed by atoms with E-state index < -0.39 is 6.10 Å². The summed E-state index contributed by atoms with van der Waals surface area (Å²) in [5.74, 6) is 0.513. The number of carbonyl (C=O) groups excluding carboxylic acids is 1. The first-order chi connectivity index (χ1) is 10.6. The minimum atomic E-state index is -0.407. The van der Waals surface area contributed by atoms with Gasteiger partial charge < -0.3 is 19.9 Å². The van der Waals surface area contributed by atoms with Gasteiger partial charge in [-0.1, -0.05) is 13.8 Å². The summed E-state index contributed by atoms with van der Waals surface area (Å²) >= 11 is 0. The number of amides is 1. The third-order valence-corrected chi connectivity index (χ3v) is 3.82. The lowest BCUT2D eigenvalue weighted by atomic mass is 10.2. The highest BCUT2D eigenvalue weighted by Crippen LogP contribution is 2.21. The van der Waals surface area contributed by atoms with Crippen LogP contribution in [0.1, 0.15) is 13.8 Å². The molecule has 1 unspecified atom stereocenters. The molecule has 0 radical (unpaired) electrons. The average Bonchev–Trinajstić information content (AvgIpc) is 2.90. The van der Waals surface area contributed by atoms with Crippen LogP contribution in [0.5, 0.6) is 0 Å². The number of nitrogens with one attached hydrogen (secondary N) is 2. The molecule has 0 spiro atoms. The van der Waals surface area contributed by atoms with E-state index in [1.54, 1.807) is 0 Å². The number of aromatic nitrogens is 1. The van der Waals surface area contributed by atoms with E-state index in [2.05, 4.69) is 47.4 Å². The van der Waals surface area contributed by atoms with Crippen molar-refractivity contribution in [2.24, 2.45) is 5.92 Å². The fraction of sp³-hybridized carbons (Fsp3) is 0.471. The van der Waals surface area contributed by atoms with Gasteiger partial charge in [0.15, 0.2) is 0 Å². The molecule has 1 saturated heterocycles. The van der Waals surface area contributed by atoms with Gasteiger partial charge in [-0.25, -0.2) is 0 Å². The van der Waals surface area contributed by atoms with Crippen LogP contribution < -0.4 is 10.6 Å². The van der Waals surface area contributed by atoms with E-state index in [1.165, 1.54) is 5.52 Å². The van der Waals surface area contributed by atoms with Gasteiger partial charge in [0.2, 0.25) is 0 Å². The first-order valence-electron chi connectivity index (χ1n) is 7.85. The van der Waals surface area contributed by atoms with Crippen LogP contribution in [0.25, 0.3) is 10.9 Å². The average molecular weight is 374 g/mol. The molecule has 1 amide bonds. The maximum absolute atomic E-state index is 12.2. The summed E-state index contributed by atoms with van der Waals surface area (Å²) in [7, 11) is 0. The van der Waals surface area contributed by atoms with Crippen molar-refractivity contribution >= 4 is 47.3 Å². The first kappa shape index (κ1) is 20.8. The molecule has 5 nitrogen and oxygen atoms in total. The first-order valence-corrected chi connectivity index (χ1v) is 7.85. The highest BCUT2D eigenvalue weighted by atomic mass is 35.5. The van der Waals surface area contributed by atoms with E-state index in [1.807, 2.05) is 12.1 Å². The number of anilines is 1. The Morgan fingerprint density at radius 3 is 2.83 bits per heavy atom. The molecule has 1 aliphatic heterocycles. The molecule has 0 saturated carbocycles. The molecule has 1 aromatic heterocycles. The van der Waals surface area contributed by atoms with E-state index in [0.29, 0.717) is 19.1 Å². The van der Waals surface area contributed by atoms with Crippen LogP contribution in [0.4, 0.5) is 5.69 Å². The smallest absolute Gasteiger partial charge is 0.254 e. The quantitative estimate of drug-likeness (QED) is 0.865. The summed E-state index contributed by atoms with van der Waals surface area (Å²) < 4.78 is 7.72. The van der Waals surface area contributed by atoms with Crippen molar-refractivity contribution < 1.29 is 9.53 Å². The number of hydrogen-bond donors (Lipinski definition) is 2. The molecule has 2 N–H and O–H groups in total. The van der Waals surface area contributed by atoms with Crippen molar-refractivity contribution in [3.05, 3.63) is 30.5 Å². The minimum absolute atomic E-state index is 0. The number of carbonyl (C=O) groups is 1. The van der Waals surface area contributed by atoms with Gasteiger partial charge in [-0.2, -0.15) is 0 Å². The van der Waals surface area contributed by atoms with Crippen molar-refractivity contribution in [2.45, 2.75) is 26.5 Å². The summed E-state index contributed by atoms with van der Waals surface area (Å²) in [6.07, 6.45) is 1.69. The normalized spacial score (nSPS) is 17.2. The van der Waals surface area contributed by atoms with Crippen molar-refractivity contribution in [1.29, 1.82) is 0 Å². The van der Waals surface area contributed by atoms with Gasteiger partial charge in [0, 0.05) is 42.4 Å². The van der Waals surface area contributed by atoms with E-state index in [0.717, 1.165) is 24.2 Å². The Hall–Kier alpha value is -1.27. The second-order valence-electron chi connectivity index (χ2n) is 6.19. The van der Waals surface area contributed by atoms with Crippen LogP contribution in [0.15, 0.2) is 30.5 Å². The highest BCUT2D eigenvalue weighted by Gasteiger charge is 2.21. The zero-order valence-corrected chi connectivity index (χ0v) is 15.6. The monoisotopic (exact) mass is 373 g/mol. The van der Waals surface area contributed by atoms with Crippen molar-refractivity contribution in [1.82, 2.24) is 9.88 Å². The third-order valence-electron chi connectivity index (χ3n) is 3.82. The Labute approximate surface area is 154 Å². The molecule has 0 aliphatic carbocycles. The second kappa shape index (κ2) is 9.28. The lowest BCUT2D eigenvalue weighted by molar-refractivity contribution is -0.128. The number of rotatable bonds is 4. The van der Waals surface area contributed by atoms with Crippen LogP contribution in [0.2, 0.25) is 0 Å². The Balaban J connectivity index is 0.00000144. The maximum atomic E-state index is 12.2. The predicted molar refractivity (Wildman–Crippen MR) is 103 cm³/mol. The third kappa shape index (κ3) is 4.86. The predicted octanol–water partition coefficient (Wildman–Crippen LogP) is 3.07. The standard InChI is InChI=1S/C17H23N3O2.2ClH/c1-12(2)11-20-7-5-13-9-14(3-4-15(13)20)19-17(21)16-10-18-6-8-22-16;;/h3-5,7,9,12,16,18H,6,8,10-11H2,1-2H3,(H,19,21);2*1H. The molecule has 1 fully saturated rings. The molecule has 134 valence electrons. The van der Waals surface area contributed by atoms with Crippen molar-refractivity contribution in [3.63, 3.8) is 0 Å². The molecular formula is C17H25Cl2N3O2. The molecule has 7 heteroatoms. The van der Waals surface area contributed by atoms with E-state index >= 15 is 0 Å². The summed E-state index contributed by atoms with van der Waals surface area (Å²) in [6.45, 7) is 7.36. The number of hydrogen-bond acceptors (Lipinski definition) is 3. The SMILES string of the molecule is CC(C)Cn1ccc2cc(NC(=O)C3CNCCO3)ccc21.Cl.Cl. The zero-order valence-electron chi connectivity index (χ0n) is 14.0. The number of nitrogens with zero attached hydrogens (tertiary/aromatic N) is 1. The minimum Gasteiger partial charge on any atom is -0.366 e. The number of morpholine rings is 1. The van der Waals surface area contributed by atoms with Crippen LogP contribution in [0, 0.1) is 5.92 Å². The highest BCUT2D eigenvalue weighted by molar-refractivity contribution is 5.96. The van der Waals surface area contributed by atoms with Crippen LogP contribution in [-0.4, -0.2) is 36.3 Å². The van der Waals surface area contributed by atoms with Gasteiger partial charge in [0.25, 0.3) is 5.91 Å². The van der Waals surface area contributed by atoms with Gasteiger partial charge in [-0.15, -0.1) is 24.8 Å². The summed E-state index contributed by atoms with van der Waals surface area (Å²) in [5, 5.41) is 7.24. The summed E-state index contributed by atoms with van der Waals surface area (Å²) in [5.41, 5.74) is 2.01. The summed E-state index contributed by atoms with van der Waals surface area (Å²) in [6, 6.07) is 8.12. The molecule has 0 bridgehead atoms. The molecule has 1 aromatic carbocycles. The van der Waals surface area contributed by atoms with E-state index in [-0.39, 0.29) is 30.7 Å². The zero-order chi connectivity index (χ0) is 15.5. The number of fused-ring (bicyclic) bond motifs is 1. The van der Waals surface area contributed by atoms with E-state index in [9.17, 15) is 4.79 Å². The molecule has 24 heavy (non-hydrogen) atoms. The Morgan fingerprint density at radius 2 is 2.17 bits per heavy atom. The van der Waals surface area contributed by atoms with Gasteiger partial charge in [-0.05, 0) is 30.2 Å². The lowest BCUT2D eigenvalue weighted by Gasteiger charge is -2.22. The molecule has 2 heterocycles. The number of benzene rings is 1. The molecule has 3 rings (SSSR count). The Morgan fingerprint density at radius 1 is 1.38 bits per heavy atom. The molecule has 1 aliphatic rings. The maximum Gasteiger partial charge on any atom is 0.254 e. The van der Waals surface area contributed by atoms with Crippen molar-refractivity contribution in [2.75, 3.05) is 25.0 Å². The lowest BCUT2D eigenvalue weighted by Crippen LogP contribution is -2.45. The number of ether oxygens (including phenoxy) is 1. The molecule has 1 atom stereocenters. The van der Waals surface area contributed by atoms with Gasteiger partial charge in [-0.3, -0.25) is 4.79 Å².